The fourth-order valence-electron chi connectivity index (χ4n) is 3.49. The van der Waals surface area contributed by atoms with E-state index in [0.717, 1.165) is 54.6 Å². The van der Waals surface area contributed by atoms with Crippen LogP contribution >= 0.6 is 0 Å². The molecule has 0 amide bonds. The summed E-state index contributed by atoms with van der Waals surface area (Å²) in [4.78, 5) is 4.33. The monoisotopic (exact) mass is 493 g/mol. The van der Waals surface area contributed by atoms with Gasteiger partial charge in [0.15, 0.2) is 5.71 Å². The molecule has 0 radical (unpaired) electrons. The van der Waals surface area contributed by atoms with Gasteiger partial charge in [0.05, 0.1) is 6.61 Å². The van der Waals surface area contributed by atoms with Gasteiger partial charge in [0, 0.05) is 12.2 Å². The zero-order valence-electron chi connectivity index (χ0n) is 20.8. The third kappa shape index (κ3) is 9.64. The number of unbranched alkanes of at least 4 members (excludes halogenated alkanes) is 1. The van der Waals surface area contributed by atoms with Crippen molar-refractivity contribution in [2.45, 2.75) is 46.2 Å². The largest absolute Gasteiger partial charge is 0.491 e. The van der Waals surface area contributed by atoms with Crippen LogP contribution in [0, 0.1) is 13.8 Å². The molecule has 0 aliphatic heterocycles. The fourth-order valence-corrected chi connectivity index (χ4v) is 3.49. The number of rotatable bonds is 14. The van der Waals surface area contributed by atoms with Gasteiger partial charge < -0.3 is 19.0 Å². The molecule has 0 aromatic heterocycles. The quantitative estimate of drug-likeness (QED) is 0.129. The number of allylic oxidation sites excluding steroid dienone is 1. The molecule has 2 rings (SSSR count). The van der Waals surface area contributed by atoms with E-state index in [1.807, 2.05) is 45.1 Å². The third-order valence-electron chi connectivity index (χ3n) is 5.17. The van der Waals surface area contributed by atoms with Gasteiger partial charge in [-0.1, -0.05) is 41.6 Å². The molecule has 0 N–H and O–H groups in total. The zero-order valence-corrected chi connectivity index (χ0v) is 20.8. The van der Waals surface area contributed by atoms with Crippen molar-refractivity contribution >= 4 is 5.71 Å². The molecule has 0 heterocycles. The summed E-state index contributed by atoms with van der Waals surface area (Å²) >= 11 is 0. The number of ether oxygens (including phenoxy) is 3. The molecule has 0 fully saturated rings. The van der Waals surface area contributed by atoms with E-state index in [1.165, 1.54) is 12.1 Å². The predicted molar refractivity (Wildman–Crippen MR) is 132 cm³/mol. The van der Waals surface area contributed by atoms with E-state index in [-0.39, 0.29) is 5.56 Å². The first-order chi connectivity index (χ1) is 16.8. The highest BCUT2D eigenvalue weighted by molar-refractivity contribution is 6.04. The number of nitrogens with zero attached hydrogens (tertiary/aromatic N) is 1. The minimum absolute atomic E-state index is 0.0206. The number of alkyl halides is 3. The molecule has 2 aromatic rings. The number of hydrogen-bond acceptors (Lipinski definition) is 5. The van der Waals surface area contributed by atoms with Gasteiger partial charge in [-0.05, 0) is 68.9 Å². The highest BCUT2D eigenvalue weighted by Crippen LogP contribution is 2.28. The van der Waals surface area contributed by atoms with Crippen LogP contribution in [-0.4, -0.2) is 45.4 Å². The Morgan fingerprint density at radius 3 is 2.23 bits per heavy atom. The molecular formula is C27H34F3NO4. The molecule has 35 heavy (non-hydrogen) atoms. The second-order valence-electron chi connectivity index (χ2n) is 8.00. The van der Waals surface area contributed by atoms with E-state index in [9.17, 15) is 13.2 Å². The normalized spacial score (nSPS) is 12.3. The summed E-state index contributed by atoms with van der Waals surface area (Å²) in [6.07, 6.45) is 1.80. The maximum Gasteiger partial charge on any atom is 0.437 e. The Morgan fingerprint density at radius 1 is 0.943 bits per heavy atom. The minimum Gasteiger partial charge on any atom is -0.491 e. The predicted octanol–water partition coefficient (Wildman–Crippen LogP) is 6.59. The van der Waals surface area contributed by atoms with Crippen molar-refractivity contribution < 1.29 is 32.2 Å². The summed E-state index contributed by atoms with van der Waals surface area (Å²) in [7, 11) is 1.09. The maximum atomic E-state index is 13.0. The summed E-state index contributed by atoms with van der Waals surface area (Å²) in [6, 6.07) is 10.1. The van der Waals surface area contributed by atoms with E-state index in [0.29, 0.717) is 26.4 Å². The van der Waals surface area contributed by atoms with Crippen molar-refractivity contribution in [3.05, 3.63) is 70.8 Å². The molecule has 0 spiro atoms. The molecule has 0 saturated carbocycles. The maximum absolute atomic E-state index is 13.0. The Morgan fingerprint density at radius 2 is 1.63 bits per heavy atom. The lowest BCUT2D eigenvalue weighted by molar-refractivity contribution is -0.0608. The van der Waals surface area contributed by atoms with Gasteiger partial charge in [0.25, 0.3) is 0 Å². The van der Waals surface area contributed by atoms with Crippen LogP contribution in [0.2, 0.25) is 0 Å². The fraction of sp³-hybridized carbons (Fsp3) is 0.444. The van der Waals surface area contributed by atoms with Crippen LogP contribution in [0.15, 0.2) is 53.7 Å². The highest BCUT2D eigenvalue weighted by Gasteiger charge is 2.37. The van der Waals surface area contributed by atoms with Crippen molar-refractivity contribution in [2.24, 2.45) is 5.16 Å². The van der Waals surface area contributed by atoms with Crippen LogP contribution in [0.3, 0.4) is 0 Å². The molecule has 0 aliphatic carbocycles. The summed E-state index contributed by atoms with van der Waals surface area (Å²) in [5, 5.41) is 3.11. The first kappa shape index (κ1) is 28.2. The summed E-state index contributed by atoms with van der Waals surface area (Å²) in [6.45, 7) is 8.00. The van der Waals surface area contributed by atoms with Crippen LogP contribution < -0.4 is 9.47 Å². The first-order valence-electron chi connectivity index (χ1n) is 11.6. The highest BCUT2D eigenvalue weighted by atomic mass is 19.4. The standard InChI is InChI=1S/C27H34F3NO4/c1-5-6-15-34-24-18-20(2)25(21(3)19-24)35-17-16-33-14-8-7-9-22-10-12-23(13-11-22)26(31-32-4)27(28,29)30/h5-6,10-13,18-19H,7-9,14-17H2,1-4H3/b6-5+,31-26-. The second kappa shape index (κ2) is 14.4. The van der Waals surface area contributed by atoms with Crippen LogP contribution in [0.5, 0.6) is 11.5 Å². The van der Waals surface area contributed by atoms with Gasteiger partial charge in [-0.3, -0.25) is 0 Å². The van der Waals surface area contributed by atoms with Crippen LogP contribution in [-0.2, 0) is 16.0 Å². The number of benzene rings is 2. The van der Waals surface area contributed by atoms with E-state index in [2.05, 4.69) is 9.99 Å². The molecule has 192 valence electrons. The Kier molecular flexibility index (Phi) is 11.6. The van der Waals surface area contributed by atoms with Gasteiger partial charge in [-0.15, -0.1) is 0 Å². The lowest BCUT2D eigenvalue weighted by Gasteiger charge is -2.14. The van der Waals surface area contributed by atoms with E-state index in [1.54, 1.807) is 12.1 Å². The van der Waals surface area contributed by atoms with Crippen molar-refractivity contribution in [1.82, 2.24) is 0 Å². The Hall–Kier alpha value is -3.00. The van der Waals surface area contributed by atoms with Gasteiger partial charge >= 0.3 is 6.18 Å². The van der Waals surface area contributed by atoms with Gasteiger partial charge in [-0.25, -0.2) is 0 Å². The topological polar surface area (TPSA) is 49.3 Å². The molecule has 2 aromatic carbocycles. The third-order valence-corrected chi connectivity index (χ3v) is 5.17. The van der Waals surface area contributed by atoms with Crippen molar-refractivity contribution in [1.29, 1.82) is 0 Å². The SMILES string of the molecule is C/C=C/COc1cc(C)c(OCCOCCCCc2ccc(/C(=N/OC)C(F)(F)F)cc2)c(C)c1. The number of aryl methyl sites for hydroxylation is 3. The molecule has 0 bridgehead atoms. The number of oxime groups is 1. The Labute approximate surface area is 205 Å². The van der Waals surface area contributed by atoms with Gasteiger partial charge in [0.1, 0.15) is 31.8 Å². The van der Waals surface area contributed by atoms with Crippen LogP contribution in [0.4, 0.5) is 13.2 Å². The summed E-state index contributed by atoms with van der Waals surface area (Å²) in [5.41, 5.74) is 1.93. The van der Waals surface area contributed by atoms with Gasteiger partial charge in [0.2, 0.25) is 0 Å². The average molecular weight is 494 g/mol. The Bertz CT molecular complexity index is 946. The summed E-state index contributed by atoms with van der Waals surface area (Å²) < 4.78 is 56.4. The first-order valence-corrected chi connectivity index (χ1v) is 11.6. The molecule has 5 nitrogen and oxygen atoms in total. The molecule has 8 heteroatoms. The van der Waals surface area contributed by atoms with Gasteiger partial charge in [-0.2, -0.15) is 13.2 Å². The molecule has 0 atom stereocenters. The average Bonchev–Trinajstić information content (AvgIpc) is 2.80. The lowest BCUT2D eigenvalue weighted by Crippen LogP contribution is -2.24. The minimum atomic E-state index is -4.57. The molecule has 0 aliphatic rings. The number of hydrogen-bond donors (Lipinski definition) is 0. The van der Waals surface area contributed by atoms with E-state index >= 15 is 0 Å². The molecule has 0 saturated heterocycles. The van der Waals surface area contributed by atoms with E-state index < -0.39 is 11.9 Å². The summed E-state index contributed by atoms with van der Waals surface area (Å²) in [5.74, 6) is 1.67. The lowest BCUT2D eigenvalue weighted by atomic mass is 10.0. The number of halogens is 3. The molecule has 0 unspecified atom stereocenters. The smallest absolute Gasteiger partial charge is 0.437 e. The molecular weight excluding hydrogens is 459 g/mol. The van der Waals surface area contributed by atoms with Crippen molar-refractivity contribution in [2.75, 3.05) is 33.5 Å². The zero-order chi connectivity index (χ0) is 25.7. The Balaban J connectivity index is 1.67. The van der Waals surface area contributed by atoms with E-state index in [4.69, 9.17) is 14.2 Å². The van der Waals surface area contributed by atoms with Crippen molar-refractivity contribution in [3.63, 3.8) is 0 Å². The van der Waals surface area contributed by atoms with Crippen molar-refractivity contribution in [3.8, 4) is 11.5 Å². The second-order valence-corrected chi connectivity index (χ2v) is 8.00. The van der Waals surface area contributed by atoms with Crippen LogP contribution in [0.25, 0.3) is 0 Å². The van der Waals surface area contributed by atoms with Crippen LogP contribution in [0.1, 0.15) is 42.0 Å².